The SMILES string of the molecule is Brc1ccc(-c2cnnc(-c3ccccc3)n2)cc1. The fourth-order valence-electron chi connectivity index (χ4n) is 1.77. The summed E-state index contributed by atoms with van der Waals surface area (Å²) in [6.07, 6.45) is 1.68. The van der Waals surface area contributed by atoms with Crippen molar-refractivity contribution in [3.8, 4) is 22.6 Å². The first-order valence-corrected chi connectivity index (χ1v) is 6.63. The standard InChI is InChI=1S/C15H10BrN3/c16-13-8-6-11(7-9-13)14-10-17-19-15(18-14)12-4-2-1-3-5-12/h1-10H. The van der Waals surface area contributed by atoms with E-state index in [0.29, 0.717) is 5.82 Å². The lowest BCUT2D eigenvalue weighted by molar-refractivity contribution is 0.984. The Kier molecular flexibility index (Phi) is 3.33. The number of hydrogen-bond acceptors (Lipinski definition) is 3. The molecule has 0 spiro atoms. The summed E-state index contributed by atoms with van der Waals surface area (Å²) in [7, 11) is 0. The molecule has 0 aliphatic carbocycles. The van der Waals surface area contributed by atoms with Gasteiger partial charge in [-0.1, -0.05) is 58.4 Å². The normalized spacial score (nSPS) is 10.4. The molecule has 19 heavy (non-hydrogen) atoms. The molecule has 0 fully saturated rings. The van der Waals surface area contributed by atoms with Gasteiger partial charge in [0.25, 0.3) is 0 Å². The zero-order chi connectivity index (χ0) is 13.1. The Balaban J connectivity index is 2.03. The van der Waals surface area contributed by atoms with E-state index in [9.17, 15) is 0 Å². The summed E-state index contributed by atoms with van der Waals surface area (Å²) < 4.78 is 1.04. The number of nitrogens with zero attached hydrogens (tertiary/aromatic N) is 3. The molecule has 0 saturated carbocycles. The summed E-state index contributed by atoms with van der Waals surface area (Å²) in [5, 5.41) is 8.12. The second kappa shape index (κ2) is 5.28. The molecular weight excluding hydrogens is 302 g/mol. The molecule has 0 N–H and O–H groups in total. The van der Waals surface area contributed by atoms with Crippen LogP contribution in [0.4, 0.5) is 0 Å². The first kappa shape index (κ1) is 12.0. The van der Waals surface area contributed by atoms with Gasteiger partial charge in [0.2, 0.25) is 0 Å². The highest BCUT2D eigenvalue weighted by atomic mass is 79.9. The van der Waals surface area contributed by atoms with Crippen molar-refractivity contribution >= 4 is 15.9 Å². The van der Waals surface area contributed by atoms with Gasteiger partial charge < -0.3 is 0 Å². The van der Waals surface area contributed by atoms with Gasteiger partial charge in [-0.25, -0.2) is 4.98 Å². The maximum Gasteiger partial charge on any atom is 0.182 e. The largest absolute Gasteiger partial charge is 0.225 e. The Morgan fingerprint density at radius 2 is 1.53 bits per heavy atom. The van der Waals surface area contributed by atoms with Crippen LogP contribution in [0.2, 0.25) is 0 Å². The highest BCUT2D eigenvalue weighted by Crippen LogP contribution is 2.21. The molecule has 0 aliphatic heterocycles. The molecule has 3 rings (SSSR count). The molecule has 0 aliphatic rings. The quantitative estimate of drug-likeness (QED) is 0.719. The van der Waals surface area contributed by atoms with Crippen molar-refractivity contribution in [1.82, 2.24) is 15.2 Å². The van der Waals surface area contributed by atoms with Crippen LogP contribution in [0.25, 0.3) is 22.6 Å². The lowest BCUT2D eigenvalue weighted by Gasteiger charge is -2.03. The maximum atomic E-state index is 4.55. The predicted octanol–water partition coefficient (Wildman–Crippen LogP) is 3.97. The van der Waals surface area contributed by atoms with E-state index in [4.69, 9.17) is 0 Å². The van der Waals surface area contributed by atoms with Crippen LogP contribution >= 0.6 is 15.9 Å². The molecule has 2 aromatic carbocycles. The summed E-state index contributed by atoms with van der Waals surface area (Å²) >= 11 is 3.42. The molecular formula is C15H10BrN3. The van der Waals surface area contributed by atoms with Crippen LogP contribution in [-0.4, -0.2) is 15.2 Å². The van der Waals surface area contributed by atoms with Crippen molar-refractivity contribution in [1.29, 1.82) is 0 Å². The Bertz CT molecular complexity index is 681. The minimum Gasteiger partial charge on any atom is -0.225 e. The topological polar surface area (TPSA) is 38.7 Å². The van der Waals surface area contributed by atoms with Crippen LogP contribution in [-0.2, 0) is 0 Å². The summed E-state index contributed by atoms with van der Waals surface area (Å²) in [4.78, 5) is 4.55. The Labute approximate surface area is 119 Å². The molecule has 0 radical (unpaired) electrons. The zero-order valence-electron chi connectivity index (χ0n) is 9.99. The average Bonchev–Trinajstić information content (AvgIpc) is 2.49. The Morgan fingerprint density at radius 3 is 2.26 bits per heavy atom. The van der Waals surface area contributed by atoms with Gasteiger partial charge in [0, 0.05) is 15.6 Å². The van der Waals surface area contributed by atoms with E-state index < -0.39 is 0 Å². The third kappa shape index (κ3) is 2.69. The molecule has 3 nitrogen and oxygen atoms in total. The summed E-state index contributed by atoms with van der Waals surface area (Å²) in [6.45, 7) is 0. The van der Waals surface area contributed by atoms with Crippen molar-refractivity contribution in [2.24, 2.45) is 0 Å². The van der Waals surface area contributed by atoms with E-state index in [1.165, 1.54) is 0 Å². The van der Waals surface area contributed by atoms with Gasteiger partial charge in [-0.2, -0.15) is 5.10 Å². The number of benzene rings is 2. The minimum atomic E-state index is 0.640. The van der Waals surface area contributed by atoms with Crippen LogP contribution in [0, 0.1) is 0 Å². The smallest absolute Gasteiger partial charge is 0.182 e. The Morgan fingerprint density at radius 1 is 0.789 bits per heavy atom. The van der Waals surface area contributed by atoms with Gasteiger partial charge >= 0.3 is 0 Å². The van der Waals surface area contributed by atoms with Crippen LogP contribution in [0.3, 0.4) is 0 Å². The molecule has 0 unspecified atom stereocenters. The molecule has 0 atom stereocenters. The number of aromatic nitrogens is 3. The molecule has 1 aromatic heterocycles. The second-order valence-corrected chi connectivity index (χ2v) is 4.95. The third-order valence-electron chi connectivity index (χ3n) is 2.73. The second-order valence-electron chi connectivity index (χ2n) is 4.04. The summed E-state index contributed by atoms with van der Waals surface area (Å²) in [5.41, 5.74) is 2.81. The van der Waals surface area contributed by atoms with E-state index in [1.54, 1.807) is 6.20 Å². The molecule has 0 saturated heterocycles. The van der Waals surface area contributed by atoms with Gasteiger partial charge in [0.05, 0.1) is 11.9 Å². The van der Waals surface area contributed by atoms with E-state index in [1.807, 2.05) is 54.6 Å². The van der Waals surface area contributed by atoms with Crippen molar-refractivity contribution in [2.45, 2.75) is 0 Å². The van der Waals surface area contributed by atoms with E-state index in [2.05, 4.69) is 31.1 Å². The number of hydrogen-bond donors (Lipinski definition) is 0. The molecule has 3 aromatic rings. The minimum absolute atomic E-state index is 0.640. The fraction of sp³-hybridized carbons (Fsp3) is 0. The molecule has 0 amide bonds. The van der Waals surface area contributed by atoms with E-state index in [0.717, 1.165) is 21.3 Å². The zero-order valence-corrected chi connectivity index (χ0v) is 11.6. The number of rotatable bonds is 2. The monoisotopic (exact) mass is 311 g/mol. The highest BCUT2D eigenvalue weighted by molar-refractivity contribution is 9.10. The van der Waals surface area contributed by atoms with Crippen LogP contribution < -0.4 is 0 Å². The maximum absolute atomic E-state index is 4.55. The van der Waals surface area contributed by atoms with Gasteiger partial charge in [0.15, 0.2) is 5.82 Å². The van der Waals surface area contributed by atoms with Crippen LogP contribution in [0.5, 0.6) is 0 Å². The summed E-state index contributed by atoms with van der Waals surface area (Å²) in [5.74, 6) is 0.640. The molecule has 92 valence electrons. The van der Waals surface area contributed by atoms with Crippen molar-refractivity contribution in [3.63, 3.8) is 0 Å². The first-order valence-electron chi connectivity index (χ1n) is 5.84. The van der Waals surface area contributed by atoms with Gasteiger partial charge in [-0.15, -0.1) is 5.10 Å². The third-order valence-corrected chi connectivity index (χ3v) is 3.26. The molecule has 0 bridgehead atoms. The summed E-state index contributed by atoms with van der Waals surface area (Å²) in [6, 6.07) is 17.8. The first-order chi connectivity index (χ1) is 9.33. The lowest BCUT2D eigenvalue weighted by atomic mass is 10.1. The van der Waals surface area contributed by atoms with Gasteiger partial charge in [-0.05, 0) is 12.1 Å². The molecule has 4 heteroatoms. The van der Waals surface area contributed by atoms with Gasteiger partial charge in [0.1, 0.15) is 0 Å². The molecule has 1 heterocycles. The Hall–Kier alpha value is -2.07. The number of halogens is 1. The fourth-order valence-corrected chi connectivity index (χ4v) is 2.04. The predicted molar refractivity (Wildman–Crippen MR) is 78.4 cm³/mol. The van der Waals surface area contributed by atoms with Crippen molar-refractivity contribution in [3.05, 3.63) is 65.3 Å². The highest BCUT2D eigenvalue weighted by Gasteiger charge is 2.05. The van der Waals surface area contributed by atoms with E-state index >= 15 is 0 Å². The van der Waals surface area contributed by atoms with Crippen molar-refractivity contribution < 1.29 is 0 Å². The van der Waals surface area contributed by atoms with Crippen LogP contribution in [0.1, 0.15) is 0 Å². The lowest BCUT2D eigenvalue weighted by Crippen LogP contribution is -1.94. The van der Waals surface area contributed by atoms with Gasteiger partial charge in [-0.3, -0.25) is 0 Å². The van der Waals surface area contributed by atoms with Crippen LogP contribution in [0.15, 0.2) is 65.3 Å². The van der Waals surface area contributed by atoms with Crippen molar-refractivity contribution in [2.75, 3.05) is 0 Å². The average molecular weight is 312 g/mol. The van der Waals surface area contributed by atoms with E-state index in [-0.39, 0.29) is 0 Å².